The zero-order valence-corrected chi connectivity index (χ0v) is 23.9. The Kier molecular flexibility index (Phi) is 16.1. The summed E-state index contributed by atoms with van der Waals surface area (Å²) in [6.07, 6.45) is 8.98. The zero-order chi connectivity index (χ0) is 27.8. The number of methoxy groups -OCH3 is 1. The van der Waals surface area contributed by atoms with Crippen molar-refractivity contribution in [1.29, 1.82) is 0 Å². The van der Waals surface area contributed by atoms with E-state index in [2.05, 4.69) is 43.1 Å². The maximum atomic E-state index is 13.1. The van der Waals surface area contributed by atoms with E-state index in [1.807, 2.05) is 0 Å². The van der Waals surface area contributed by atoms with Crippen molar-refractivity contribution in [2.45, 2.75) is 110 Å². The molecule has 0 radical (unpaired) electrons. The molecule has 1 fully saturated rings. The number of esters is 1. The summed E-state index contributed by atoms with van der Waals surface area (Å²) in [5.74, 6) is 0.513. The molecule has 1 aliphatic rings. The third-order valence-electron chi connectivity index (χ3n) is 7.21. The Morgan fingerprint density at radius 2 is 1.62 bits per heavy atom. The lowest BCUT2D eigenvalue weighted by atomic mass is 9.92. The van der Waals surface area contributed by atoms with Crippen LogP contribution in [0, 0.1) is 17.8 Å². The Bertz CT molecular complexity index is 715. The van der Waals surface area contributed by atoms with Gasteiger partial charge in [-0.3, -0.25) is 19.2 Å². The van der Waals surface area contributed by atoms with Gasteiger partial charge in [0.15, 0.2) is 0 Å². The summed E-state index contributed by atoms with van der Waals surface area (Å²) in [5, 5.41) is 5.42. The maximum Gasteiger partial charge on any atom is 0.305 e. The number of carbonyl (C=O) groups is 4. The van der Waals surface area contributed by atoms with Gasteiger partial charge in [-0.05, 0) is 37.0 Å². The van der Waals surface area contributed by atoms with Crippen LogP contribution in [0.4, 0.5) is 0 Å². The molecule has 0 saturated carbocycles. The van der Waals surface area contributed by atoms with Crippen molar-refractivity contribution >= 4 is 23.7 Å². The first-order chi connectivity index (χ1) is 17.6. The highest BCUT2D eigenvalue weighted by molar-refractivity contribution is 5.92. The van der Waals surface area contributed by atoms with Crippen molar-refractivity contribution in [3.63, 3.8) is 0 Å². The van der Waals surface area contributed by atoms with E-state index < -0.39 is 24.0 Å². The highest BCUT2D eigenvalue weighted by Crippen LogP contribution is 2.24. The third kappa shape index (κ3) is 13.3. The van der Waals surface area contributed by atoms with Gasteiger partial charge >= 0.3 is 5.97 Å². The van der Waals surface area contributed by atoms with E-state index in [9.17, 15) is 19.2 Å². The van der Waals surface area contributed by atoms with Crippen molar-refractivity contribution in [2.24, 2.45) is 23.5 Å². The van der Waals surface area contributed by atoms with Gasteiger partial charge in [0, 0.05) is 32.5 Å². The van der Waals surface area contributed by atoms with Crippen LogP contribution in [-0.2, 0) is 23.9 Å². The van der Waals surface area contributed by atoms with Gasteiger partial charge in [-0.25, -0.2) is 0 Å². The van der Waals surface area contributed by atoms with E-state index in [1.54, 1.807) is 4.90 Å². The Labute approximate surface area is 224 Å². The molecule has 1 saturated heterocycles. The van der Waals surface area contributed by atoms with E-state index in [0.717, 1.165) is 25.2 Å². The van der Waals surface area contributed by atoms with Crippen molar-refractivity contribution in [3.05, 3.63) is 0 Å². The Hall–Kier alpha value is -2.16. The highest BCUT2D eigenvalue weighted by Gasteiger charge is 2.36. The van der Waals surface area contributed by atoms with E-state index >= 15 is 0 Å². The quantitative estimate of drug-likeness (QED) is 0.236. The van der Waals surface area contributed by atoms with Gasteiger partial charge in [0.2, 0.25) is 17.7 Å². The molecule has 9 nitrogen and oxygen atoms in total. The Morgan fingerprint density at radius 1 is 0.973 bits per heavy atom. The fraction of sp³-hybridized carbons (Fsp3) is 0.857. The van der Waals surface area contributed by atoms with Crippen LogP contribution >= 0.6 is 0 Å². The maximum absolute atomic E-state index is 13.1. The van der Waals surface area contributed by atoms with Crippen LogP contribution in [0.2, 0.25) is 0 Å². The number of ether oxygens (including phenoxy) is 1. The lowest BCUT2D eigenvalue weighted by molar-refractivity contribution is -0.141. The van der Waals surface area contributed by atoms with E-state index in [0.29, 0.717) is 25.3 Å². The van der Waals surface area contributed by atoms with Crippen molar-refractivity contribution in [1.82, 2.24) is 15.5 Å². The second-order valence-corrected chi connectivity index (χ2v) is 11.2. The monoisotopic (exact) mass is 524 g/mol. The first-order valence-electron chi connectivity index (χ1n) is 14.2. The summed E-state index contributed by atoms with van der Waals surface area (Å²) in [7, 11) is 1.28. The van der Waals surface area contributed by atoms with Gasteiger partial charge in [-0.2, -0.15) is 0 Å². The summed E-state index contributed by atoms with van der Waals surface area (Å²) < 4.78 is 4.66. The van der Waals surface area contributed by atoms with Crippen LogP contribution in [0.1, 0.15) is 98.3 Å². The molecule has 4 unspecified atom stereocenters. The Balaban J connectivity index is 2.57. The number of rotatable bonds is 18. The van der Waals surface area contributed by atoms with Gasteiger partial charge < -0.3 is 26.0 Å². The van der Waals surface area contributed by atoms with Crippen molar-refractivity contribution < 1.29 is 23.9 Å². The summed E-state index contributed by atoms with van der Waals surface area (Å²) in [6.45, 7) is 10.0. The molecule has 1 heterocycles. The van der Waals surface area contributed by atoms with Crippen LogP contribution in [0.25, 0.3) is 0 Å². The minimum atomic E-state index is -0.892. The number of hydrogen-bond acceptors (Lipinski definition) is 6. The minimum Gasteiger partial charge on any atom is -0.469 e. The van der Waals surface area contributed by atoms with E-state index in [-0.39, 0.29) is 43.7 Å². The summed E-state index contributed by atoms with van der Waals surface area (Å²) >= 11 is 0. The number of hydrogen-bond donors (Lipinski definition) is 3. The standard InChI is InChI=1S/C28H52N4O5/c1-20(2)9-6-10-21(3)11-7-12-22(4)19-25(33)32-18-8-13-24(32)28(36)31-23(14-15-26(34)37-5)27(35)30-17-16-29/h20-24H,6-19,29H2,1-5H3,(H,30,35)(H,31,36). The number of nitrogens with zero attached hydrogens (tertiary/aromatic N) is 1. The van der Waals surface area contributed by atoms with Crippen LogP contribution in [0.3, 0.4) is 0 Å². The SMILES string of the molecule is COC(=O)CCC(NC(=O)C1CCCN1C(=O)CC(C)CCCC(C)CCCC(C)C)C(=O)NCCN. The average Bonchev–Trinajstić information content (AvgIpc) is 3.34. The number of nitrogens with one attached hydrogen (secondary N) is 2. The van der Waals surface area contributed by atoms with Gasteiger partial charge in [-0.15, -0.1) is 0 Å². The van der Waals surface area contributed by atoms with Crippen LogP contribution in [0.5, 0.6) is 0 Å². The predicted octanol–water partition coefficient (Wildman–Crippen LogP) is 3.15. The summed E-state index contributed by atoms with van der Waals surface area (Å²) in [4.78, 5) is 52.0. The molecule has 37 heavy (non-hydrogen) atoms. The van der Waals surface area contributed by atoms with E-state index in [4.69, 9.17) is 5.73 Å². The van der Waals surface area contributed by atoms with Crippen molar-refractivity contribution in [3.8, 4) is 0 Å². The minimum absolute atomic E-state index is 0.00133. The Morgan fingerprint density at radius 3 is 2.24 bits per heavy atom. The molecule has 0 spiro atoms. The number of nitrogens with two attached hydrogens (primary N) is 1. The van der Waals surface area contributed by atoms with Gasteiger partial charge in [0.25, 0.3) is 0 Å². The molecular weight excluding hydrogens is 472 g/mol. The molecule has 3 amide bonds. The number of likely N-dealkylation sites (tertiary alicyclic amines) is 1. The molecule has 1 aliphatic heterocycles. The van der Waals surface area contributed by atoms with Crippen LogP contribution < -0.4 is 16.4 Å². The lowest BCUT2D eigenvalue weighted by Crippen LogP contribution is -2.53. The first-order valence-corrected chi connectivity index (χ1v) is 14.2. The number of carbonyl (C=O) groups excluding carboxylic acids is 4. The largest absolute Gasteiger partial charge is 0.469 e. The zero-order valence-electron chi connectivity index (χ0n) is 23.9. The van der Waals surface area contributed by atoms with Crippen LogP contribution in [-0.4, -0.2) is 67.4 Å². The summed E-state index contributed by atoms with van der Waals surface area (Å²) in [6, 6.07) is -1.49. The van der Waals surface area contributed by atoms with Crippen LogP contribution in [0.15, 0.2) is 0 Å². The van der Waals surface area contributed by atoms with Crippen molar-refractivity contribution in [2.75, 3.05) is 26.7 Å². The molecule has 214 valence electrons. The molecule has 4 atom stereocenters. The molecule has 0 aromatic rings. The van der Waals surface area contributed by atoms with Gasteiger partial charge in [0.1, 0.15) is 12.1 Å². The normalized spacial score (nSPS) is 17.8. The molecular formula is C28H52N4O5. The van der Waals surface area contributed by atoms with Gasteiger partial charge in [-0.1, -0.05) is 66.2 Å². The molecule has 0 aliphatic carbocycles. The summed E-state index contributed by atoms with van der Waals surface area (Å²) in [5.41, 5.74) is 5.47. The molecule has 4 N–H and O–H groups in total. The topological polar surface area (TPSA) is 131 Å². The molecule has 9 heteroatoms. The predicted molar refractivity (Wildman–Crippen MR) is 145 cm³/mol. The second kappa shape index (κ2) is 18.2. The molecule has 1 rings (SSSR count). The van der Waals surface area contributed by atoms with Gasteiger partial charge in [0.05, 0.1) is 7.11 Å². The second-order valence-electron chi connectivity index (χ2n) is 11.2. The van der Waals surface area contributed by atoms with E-state index in [1.165, 1.54) is 32.8 Å². The first kappa shape index (κ1) is 32.9. The lowest BCUT2D eigenvalue weighted by Gasteiger charge is -2.27. The fourth-order valence-corrected chi connectivity index (χ4v) is 4.91. The highest BCUT2D eigenvalue weighted by atomic mass is 16.5. The molecule has 0 aromatic heterocycles. The fourth-order valence-electron chi connectivity index (χ4n) is 4.91. The molecule has 0 bridgehead atoms. The third-order valence-corrected chi connectivity index (χ3v) is 7.21. The molecule has 0 aromatic carbocycles. The average molecular weight is 525 g/mol. The number of amides is 3. The smallest absolute Gasteiger partial charge is 0.305 e.